The number of likely N-dealkylation sites (tertiary alicyclic amines) is 1. The van der Waals surface area contributed by atoms with Crippen molar-refractivity contribution in [3.8, 4) is 0 Å². The van der Waals surface area contributed by atoms with Crippen LogP contribution >= 0.6 is 12.4 Å². The number of hydrogen-bond donors (Lipinski definition) is 1. The van der Waals surface area contributed by atoms with E-state index in [2.05, 4.69) is 42.2 Å². The minimum absolute atomic E-state index is 0. The molecule has 0 aromatic heterocycles. The summed E-state index contributed by atoms with van der Waals surface area (Å²) in [5.74, 6) is 0.363. The largest absolute Gasteiger partial charge is 0.342 e. The van der Waals surface area contributed by atoms with E-state index in [1.54, 1.807) is 0 Å². The summed E-state index contributed by atoms with van der Waals surface area (Å²) in [7, 11) is 0. The summed E-state index contributed by atoms with van der Waals surface area (Å²) >= 11 is 0. The monoisotopic (exact) mass is 364 g/mol. The van der Waals surface area contributed by atoms with Crippen molar-refractivity contribution >= 4 is 18.3 Å². The Kier molecular flexibility index (Phi) is 6.93. The molecule has 3 rings (SSSR count). The van der Waals surface area contributed by atoms with Gasteiger partial charge < -0.3 is 10.6 Å². The fourth-order valence-corrected chi connectivity index (χ4v) is 4.53. The van der Waals surface area contributed by atoms with Crippen LogP contribution in [0.4, 0.5) is 0 Å². The van der Waals surface area contributed by atoms with Crippen molar-refractivity contribution in [3.05, 3.63) is 35.9 Å². The first-order valence-corrected chi connectivity index (χ1v) is 9.56. The predicted molar refractivity (Wildman–Crippen MR) is 106 cm³/mol. The van der Waals surface area contributed by atoms with E-state index in [1.807, 2.05) is 0 Å². The minimum atomic E-state index is 0. The van der Waals surface area contributed by atoms with E-state index in [0.29, 0.717) is 12.5 Å². The van der Waals surface area contributed by atoms with Crippen LogP contribution in [0.15, 0.2) is 30.3 Å². The molecule has 2 fully saturated rings. The quantitative estimate of drug-likeness (QED) is 0.822. The molecule has 0 radical (unpaired) electrons. The molecule has 3 nitrogen and oxygen atoms in total. The highest BCUT2D eigenvalue weighted by atomic mass is 35.5. The number of hydrogen-bond acceptors (Lipinski definition) is 2. The average Bonchev–Trinajstić information content (AvgIpc) is 3.22. The van der Waals surface area contributed by atoms with Gasteiger partial charge in [0.05, 0.1) is 0 Å². The molecule has 1 aromatic rings. The van der Waals surface area contributed by atoms with E-state index in [4.69, 9.17) is 5.73 Å². The first-order chi connectivity index (χ1) is 11.5. The maximum atomic E-state index is 12.9. The molecule has 1 heterocycles. The molecule has 1 amide bonds. The highest BCUT2D eigenvalue weighted by Crippen LogP contribution is 2.45. The van der Waals surface area contributed by atoms with Crippen molar-refractivity contribution in [3.63, 3.8) is 0 Å². The zero-order valence-corrected chi connectivity index (χ0v) is 16.3. The Morgan fingerprint density at radius 2 is 1.84 bits per heavy atom. The predicted octanol–water partition coefficient (Wildman–Crippen LogP) is 4.19. The van der Waals surface area contributed by atoms with E-state index in [1.165, 1.54) is 31.2 Å². The number of benzene rings is 1. The van der Waals surface area contributed by atoms with Crippen LogP contribution in [0.5, 0.6) is 0 Å². The van der Waals surface area contributed by atoms with Crippen molar-refractivity contribution < 1.29 is 4.79 Å². The third-order valence-electron chi connectivity index (χ3n) is 6.38. The van der Waals surface area contributed by atoms with Crippen LogP contribution in [0.25, 0.3) is 0 Å². The summed E-state index contributed by atoms with van der Waals surface area (Å²) in [6.07, 6.45) is 9.01. The fraction of sp³-hybridized carbons (Fsp3) is 0.667. The van der Waals surface area contributed by atoms with Crippen LogP contribution in [-0.4, -0.2) is 30.4 Å². The third kappa shape index (κ3) is 4.98. The summed E-state index contributed by atoms with van der Waals surface area (Å²) in [5, 5.41) is 0. The van der Waals surface area contributed by atoms with Crippen LogP contribution in [0.3, 0.4) is 0 Å². The Balaban J connectivity index is 0.00000225. The topological polar surface area (TPSA) is 46.3 Å². The highest BCUT2D eigenvalue weighted by molar-refractivity contribution is 5.85. The number of amides is 1. The van der Waals surface area contributed by atoms with Crippen LogP contribution in [-0.2, 0) is 11.2 Å². The van der Waals surface area contributed by atoms with E-state index < -0.39 is 0 Å². The van der Waals surface area contributed by atoms with Gasteiger partial charge in [-0.1, -0.05) is 50.1 Å². The molecule has 1 aliphatic carbocycles. The van der Waals surface area contributed by atoms with Crippen LogP contribution in [0, 0.1) is 10.8 Å². The Hall–Kier alpha value is -1.06. The SMILES string of the molecule is CC1(CN)CCN(C(=O)CC2(CCc3ccccc3)CCCC2)C1.Cl. The second-order valence-corrected chi connectivity index (χ2v) is 8.45. The maximum absolute atomic E-state index is 12.9. The fourth-order valence-electron chi connectivity index (χ4n) is 4.53. The number of rotatable bonds is 6. The van der Waals surface area contributed by atoms with Crippen molar-refractivity contribution in [2.45, 2.75) is 58.3 Å². The summed E-state index contributed by atoms with van der Waals surface area (Å²) in [5.41, 5.74) is 7.65. The molecular weight excluding hydrogens is 332 g/mol. The summed E-state index contributed by atoms with van der Waals surface area (Å²) in [6.45, 7) is 4.62. The van der Waals surface area contributed by atoms with Gasteiger partial charge in [0, 0.05) is 19.5 Å². The molecule has 0 spiro atoms. The number of nitrogens with two attached hydrogens (primary N) is 1. The molecule has 1 saturated carbocycles. The van der Waals surface area contributed by atoms with Gasteiger partial charge in [-0.2, -0.15) is 0 Å². The molecule has 4 heteroatoms. The molecule has 1 aliphatic heterocycles. The Labute approximate surface area is 158 Å². The number of aryl methyl sites for hydroxylation is 1. The van der Waals surface area contributed by atoms with Gasteiger partial charge in [0.25, 0.3) is 0 Å². The lowest BCUT2D eigenvalue weighted by Crippen LogP contribution is -2.37. The van der Waals surface area contributed by atoms with Crippen molar-refractivity contribution in [1.29, 1.82) is 0 Å². The highest BCUT2D eigenvalue weighted by Gasteiger charge is 2.40. The zero-order valence-electron chi connectivity index (χ0n) is 15.5. The third-order valence-corrected chi connectivity index (χ3v) is 6.38. The van der Waals surface area contributed by atoms with Crippen molar-refractivity contribution in [2.75, 3.05) is 19.6 Å². The summed E-state index contributed by atoms with van der Waals surface area (Å²) < 4.78 is 0. The smallest absolute Gasteiger partial charge is 0.223 e. The lowest BCUT2D eigenvalue weighted by Gasteiger charge is -2.31. The zero-order chi connectivity index (χ0) is 17.0. The van der Waals surface area contributed by atoms with Gasteiger partial charge in [-0.05, 0) is 55.0 Å². The molecule has 2 aliphatic rings. The molecule has 2 N–H and O–H groups in total. The van der Waals surface area contributed by atoms with Gasteiger partial charge in [-0.15, -0.1) is 12.4 Å². The Bertz CT molecular complexity index is 556. The molecule has 1 unspecified atom stereocenters. The lowest BCUT2D eigenvalue weighted by molar-refractivity contribution is -0.133. The number of halogens is 1. The summed E-state index contributed by atoms with van der Waals surface area (Å²) in [6, 6.07) is 10.7. The van der Waals surface area contributed by atoms with E-state index >= 15 is 0 Å². The normalized spacial score (nSPS) is 25.0. The summed E-state index contributed by atoms with van der Waals surface area (Å²) in [4.78, 5) is 15.0. The molecular formula is C21H33ClN2O. The minimum Gasteiger partial charge on any atom is -0.342 e. The van der Waals surface area contributed by atoms with Gasteiger partial charge in [-0.3, -0.25) is 4.79 Å². The van der Waals surface area contributed by atoms with Crippen molar-refractivity contribution in [2.24, 2.45) is 16.6 Å². The van der Waals surface area contributed by atoms with Gasteiger partial charge in [-0.25, -0.2) is 0 Å². The maximum Gasteiger partial charge on any atom is 0.223 e. The van der Waals surface area contributed by atoms with Crippen molar-refractivity contribution in [1.82, 2.24) is 4.90 Å². The van der Waals surface area contributed by atoms with Crippen LogP contribution in [0.1, 0.15) is 57.4 Å². The molecule has 1 saturated heterocycles. The first-order valence-electron chi connectivity index (χ1n) is 9.56. The van der Waals surface area contributed by atoms with Crippen LogP contribution < -0.4 is 5.73 Å². The second-order valence-electron chi connectivity index (χ2n) is 8.45. The lowest BCUT2D eigenvalue weighted by atomic mass is 9.77. The van der Waals surface area contributed by atoms with Gasteiger partial charge in [0.2, 0.25) is 5.91 Å². The number of nitrogens with zero attached hydrogens (tertiary/aromatic N) is 1. The van der Waals surface area contributed by atoms with Gasteiger partial charge in [0.15, 0.2) is 0 Å². The van der Waals surface area contributed by atoms with E-state index in [9.17, 15) is 4.79 Å². The second kappa shape index (κ2) is 8.55. The molecule has 140 valence electrons. The number of carbonyl (C=O) groups is 1. The Morgan fingerprint density at radius 1 is 1.16 bits per heavy atom. The van der Waals surface area contributed by atoms with E-state index in [0.717, 1.165) is 38.8 Å². The standard InChI is InChI=1S/C21H32N2O.ClH/c1-20(16-22)13-14-23(17-20)19(24)15-21(10-5-6-11-21)12-9-18-7-3-2-4-8-18;/h2-4,7-8H,5-6,9-17,22H2,1H3;1H. The van der Waals surface area contributed by atoms with Gasteiger partial charge >= 0.3 is 0 Å². The molecule has 25 heavy (non-hydrogen) atoms. The average molecular weight is 365 g/mol. The molecule has 1 atom stereocenters. The first kappa shape index (κ1) is 20.3. The molecule has 1 aromatic carbocycles. The molecule has 0 bridgehead atoms. The Morgan fingerprint density at radius 3 is 2.44 bits per heavy atom. The number of carbonyl (C=O) groups excluding carboxylic acids is 1. The van der Waals surface area contributed by atoms with Crippen LogP contribution in [0.2, 0.25) is 0 Å². The van der Waals surface area contributed by atoms with E-state index in [-0.39, 0.29) is 23.2 Å². The van der Waals surface area contributed by atoms with Gasteiger partial charge in [0.1, 0.15) is 0 Å².